The standard InChI is InChI=1S/C29H45N3O6/c1-6-18(2)25(27(30)33)31-28(34)21-14-10-11-15-32(21)29(35)24(19-12-8-7-9-13-19)20-16-22(36-3)26(38-5)23(17-20)37-4/h16-19,21,24-25H,6-15H2,1-5H3,(H2,30,33)(H,31,34)/t18-,21?,24+,25-/m1/s1. The number of carbonyl (C=O) groups is 3. The van der Waals surface area contributed by atoms with Crippen molar-refractivity contribution in [2.75, 3.05) is 27.9 Å². The minimum atomic E-state index is -0.768. The van der Waals surface area contributed by atoms with Crippen LogP contribution < -0.4 is 25.3 Å². The largest absolute Gasteiger partial charge is 0.493 e. The van der Waals surface area contributed by atoms with Crippen molar-refractivity contribution in [1.82, 2.24) is 10.2 Å². The Morgan fingerprint density at radius 3 is 2.11 bits per heavy atom. The van der Waals surface area contributed by atoms with E-state index in [0.717, 1.165) is 50.5 Å². The van der Waals surface area contributed by atoms with Gasteiger partial charge >= 0.3 is 0 Å². The number of nitrogens with two attached hydrogens (primary N) is 1. The average molecular weight is 532 g/mol. The van der Waals surface area contributed by atoms with Gasteiger partial charge in [0, 0.05) is 6.54 Å². The molecule has 2 aliphatic rings. The number of benzene rings is 1. The Morgan fingerprint density at radius 1 is 0.974 bits per heavy atom. The molecule has 1 aromatic carbocycles. The minimum absolute atomic E-state index is 0.0646. The van der Waals surface area contributed by atoms with E-state index >= 15 is 0 Å². The molecule has 1 unspecified atom stereocenters. The smallest absolute Gasteiger partial charge is 0.243 e. The molecule has 38 heavy (non-hydrogen) atoms. The lowest BCUT2D eigenvalue weighted by molar-refractivity contribution is -0.145. The lowest BCUT2D eigenvalue weighted by Gasteiger charge is -2.40. The predicted molar refractivity (Wildman–Crippen MR) is 145 cm³/mol. The Bertz CT molecular complexity index is 952. The van der Waals surface area contributed by atoms with Crippen molar-refractivity contribution in [1.29, 1.82) is 0 Å². The summed E-state index contributed by atoms with van der Waals surface area (Å²) in [6.07, 6.45) is 8.09. The van der Waals surface area contributed by atoms with E-state index in [1.54, 1.807) is 26.2 Å². The van der Waals surface area contributed by atoms with Gasteiger partial charge in [-0.25, -0.2) is 0 Å². The van der Waals surface area contributed by atoms with Crippen LogP contribution in [0.2, 0.25) is 0 Å². The summed E-state index contributed by atoms with van der Waals surface area (Å²) in [5, 5.41) is 2.87. The number of primary amides is 1. The molecular formula is C29H45N3O6. The van der Waals surface area contributed by atoms with E-state index in [0.29, 0.717) is 36.6 Å². The Balaban J connectivity index is 1.99. The van der Waals surface area contributed by atoms with Crippen molar-refractivity contribution in [2.45, 2.75) is 89.6 Å². The van der Waals surface area contributed by atoms with Gasteiger partial charge in [0.1, 0.15) is 12.1 Å². The van der Waals surface area contributed by atoms with Gasteiger partial charge in [0.05, 0.1) is 27.2 Å². The molecule has 2 fully saturated rings. The maximum absolute atomic E-state index is 14.4. The van der Waals surface area contributed by atoms with Gasteiger partial charge < -0.3 is 30.2 Å². The number of methoxy groups -OCH3 is 3. The van der Waals surface area contributed by atoms with Gasteiger partial charge in [-0.2, -0.15) is 0 Å². The number of nitrogens with one attached hydrogen (secondary N) is 1. The van der Waals surface area contributed by atoms with Crippen LogP contribution in [-0.4, -0.2) is 62.6 Å². The predicted octanol–water partition coefficient (Wildman–Crippen LogP) is 3.77. The molecule has 212 valence electrons. The van der Waals surface area contributed by atoms with Crippen molar-refractivity contribution in [3.05, 3.63) is 17.7 Å². The molecule has 0 radical (unpaired) electrons. The van der Waals surface area contributed by atoms with E-state index in [9.17, 15) is 14.4 Å². The van der Waals surface area contributed by atoms with E-state index in [2.05, 4.69) is 5.32 Å². The van der Waals surface area contributed by atoms with Crippen LogP contribution in [0.3, 0.4) is 0 Å². The zero-order chi connectivity index (χ0) is 27.8. The van der Waals surface area contributed by atoms with E-state index in [4.69, 9.17) is 19.9 Å². The van der Waals surface area contributed by atoms with Crippen LogP contribution in [0.5, 0.6) is 17.2 Å². The molecule has 9 nitrogen and oxygen atoms in total. The van der Waals surface area contributed by atoms with E-state index < -0.39 is 23.9 Å². The highest BCUT2D eigenvalue weighted by molar-refractivity contribution is 5.93. The number of carbonyl (C=O) groups excluding carboxylic acids is 3. The van der Waals surface area contributed by atoms with Gasteiger partial charge in [0.25, 0.3) is 0 Å². The second kappa shape index (κ2) is 13.7. The van der Waals surface area contributed by atoms with Crippen LogP contribution in [-0.2, 0) is 14.4 Å². The third kappa shape index (κ3) is 6.53. The molecule has 1 aromatic rings. The molecule has 1 saturated heterocycles. The zero-order valence-electron chi connectivity index (χ0n) is 23.6. The molecule has 3 amide bonds. The van der Waals surface area contributed by atoms with Crippen LogP contribution in [0.15, 0.2) is 12.1 Å². The number of likely N-dealkylation sites (tertiary alicyclic amines) is 1. The van der Waals surface area contributed by atoms with Crippen LogP contribution in [0.4, 0.5) is 0 Å². The molecule has 9 heteroatoms. The molecule has 0 bridgehead atoms. The third-order valence-corrected chi connectivity index (χ3v) is 8.34. The normalized spacial score (nSPS) is 20.7. The number of nitrogens with zero attached hydrogens (tertiary/aromatic N) is 1. The maximum atomic E-state index is 14.4. The van der Waals surface area contributed by atoms with E-state index in [-0.39, 0.29) is 23.7 Å². The lowest BCUT2D eigenvalue weighted by atomic mass is 9.75. The lowest BCUT2D eigenvalue weighted by Crippen LogP contribution is -2.58. The molecule has 1 saturated carbocycles. The first kappa shape index (κ1) is 29.6. The molecular weight excluding hydrogens is 486 g/mol. The Hall–Kier alpha value is -2.97. The summed E-state index contributed by atoms with van der Waals surface area (Å²) >= 11 is 0. The number of hydrogen-bond donors (Lipinski definition) is 2. The first-order valence-electron chi connectivity index (χ1n) is 14.0. The first-order chi connectivity index (χ1) is 18.3. The average Bonchev–Trinajstić information content (AvgIpc) is 2.95. The summed E-state index contributed by atoms with van der Waals surface area (Å²) in [5.41, 5.74) is 6.42. The van der Waals surface area contributed by atoms with Gasteiger partial charge in [0.15, 0.2) is 11.5 Å². The maximum Gasteiger partial charge on any atom is 0.243 e. The van der Waals surface area contributed by atoms with Crippen molar-refractivity contribution >= 4 is 17.7 Å². The van der Waals surface area contributed by atoms with Gasteiger partial charge in [-0.1, -0.05) is 39.5 Å². The monoisotopic (exact) mass is 531 g/mol. The van der Waals surface area contributed by atoms with Crippen molar-refractivity contribution in [2.24, 2.45) is 17.6 Å². The molecule has 1 aliphatic heterocycles. The second-order valence-electron chi connectivity index (χ2n) is 10.7. The first-order valence-corrected chi connectivity index (χ1v) is 14.0. The number of hydrogen-bond acceptors (Lipinski definition) is 6. The molecule has 4 atom stereocenters. The highest BCUT2D eigenvalue weighted by Gasteiger charge is 2.41. The fourth-order valence-corrected chi connectivity index (χ4v) is 5.99. The Morgan fingerprint density at radius 2 is 1.58 bits per heavy atom. The zero-order valence-corrected chi connectivity index (χ0v) is 23.6. The van der Waals surface area contributed by atoms with Crippen LogP contribution in [0, 0.1) is 11.8 Å². The van der Waals surface area contributed by atoms with E-state index in [1.807, 2.05) is 26.0 Å². The Kier molecular flexibility index (Phi) is 10.7. The summed E-state index contributed by atoms with van der Waals surface area (Å²) in [6.45, 7) is 4.34. The number of ether oxygens (including phenoxy) is 3. The Labute approximate surface area is 226 Å². The van der Waals surface area contributed by atoms with Crippen LogP contribution in [0.25, 0.3) is 0 Å². The SMILES string of the molecule is CC[C@@H](C)[C@@H](NC(=O)C1CCCCN1C(=O)[C@H](c1cc(OC)c(OC)c(OC)c1)C1CCCCC1)C(N)=O. The minimum Gasteiger partial charge on any atom is -0.493 e. The number of piperidine rings is 1. The van der Waals surface area contributed by atoms with Crippen molar-refractivity contribution in [3.8, 4) is 17.2 Å². The topological polar surface area (TPSA) is 120 Å². The summed E-state index contributed by atoms with van der Waals surface area (Å²) in [4.78, 5) is 41.7. The molecule has 1 aliphatic carbocycles. The van der Waals surface area contributed by atoms with Gasteiger partial charge in [0.2, 0.25) is 23.5 Å². The van der Waals surface area contributed by atoms with Gasteiger partial charge in [-0.15, -0.1) is 0 Å². The highest BCUT2D eigenvalue weighted by Crippen LogP contribution is 2.45. The summed E-state index contributed by atoms with van der Waals surface area (Å²) in [6, 6.07) is 2.32. The second-order valence-corrected chi connectivity index (χ2v) is 10.7. The molecule has 0 spiro atoms. The van der Waals surface area contributed by atoms with Crippen molar-refractivity contribution < 1.29 is 28.6 Å². The molecule has 3 rings (SSSR count). The van der Waals surface area contributed by atoms with Gasteiger partial charge in [-0.3, -0.25) is 14.4 Å². The quantitative estimate of drug-likeness (QED) is 0.449. The van der Waals surface area contributed by atoms with Crippen molar-refractivity contribution in [3.63, 3.8) is 0 Å². The fourth-order valence-electron chi connectivity index (χ4n) is 5.99. The highest BCUT2D eigenvalue weighted by atomic mass is 16.5. The third-order valence-electron chi connectivity index (χ3n) is 8.34. The summed E-state index contributed by atoms with van der Waals surface area (Å²) in [7, 11) is 4.69. The number of amides is 3. The summed E-state index contributed by atoms with van der Waals surface area (Å²) < 4.78 is 16.7. The van der Waals surface area contributed by atoms with Crippen LogP contribution in [0.1, 0.15) is 83.1 Å². The molecule has 0 aromatic heterocycles. The molecule has 1 heterocycles. The summed E-state index contributed by atoms with van der Waals surface area (Å²) in [5.74, 6) is 0.146. The number of rotatable bonds is 11. The van der Waals surface area contributed by atoms with Gasteiger partial charge in [-0.05, 0) is 61.6 Å². The van der Waals surface area contributed by atoms with E-state index in [1.165, 1.54) is 0 Å². The molecule has 3 N–H and O–H groups in total. The van der Waals surface area contributed by atoms with Crippen LogP contribution >= 0.6 is 0 Å². The fraction of sp³-hybridized carbons (Fsp3) is 0.690.